The summed E-state index contributed by atoms with van der Waals surface area (Å²) >= 11 is 0. The maximum absolute atomic E-state index is 13.7. The van der Waals surface area contributed by atoms with Gasteiger partial charge in [0.15, 0.2) is 0 Å². The lowest BCUT2D eigenvalue weighted by molar-refractivity contribution is -0.131. The molecule has 6 aromatic rings. The summed E-state index contributed by atoms with van der Waals surface area (Å²) in [6, 6.07) is 27.6. The molecule has 328 valence electrons. The van der Waals surface area contributed by atoms with Crippen molar-refractivity contribution in [2.75, 3.05) is 26.9 Å². The molecule has 3 atom stereocenters. The van der Waals surface area contributed by atoms with Gasteiger partial charge in [0.2, 0.25) is 17.6 Å². The van der Waals surface area contributed by atoms with Gasteiger partial charge in [-0.3, -0.25) is 15.0 Å². The molecule has 15 heteroatoms. The van der Waals surface area contributed by atoms with Crippen LogP contribution in [0.5, 0.6) is 11.5 Å². The number of benzene rings is 4. The van der Waals surface area contributed by atoms with Gasteiger partial charge in [-0.25, -0.2) is 4.39 Å². The zero-order chi connectivity index (χ0) is 44.9. The van der Waals surface area contributed by atoms with E-state index in [0.717, 1.165) is 59.1 Å². The number of nitrogens with zero attached hydrogens (tertiary/aromatic N) is 7. The Morgan fingerprint density at radius 3 is 1.94 bits per heavy atom. The number of amides is 1. The van der Waals surface area contributed by atoms with Crippen molar-refractivity contribution in [2.24, 2.45) is 0 Å². The van der Waals surface area contributed by atoms with E-state index in [1.165, 1.54) is 0 Å². The summed E-state index contributed by atoms with van der Waals surface area (Å²) in [7, 11) is 1.71. The Morgan fingerprint density at radius 2 is 1.38 bits per heavy atom. The summed E-state index contributed by atoms with van der Waals surface area (Å²) in [5.74, 6) is 2.53. The second kappa shape index (κ2) is 19.2. The van der Waals surface area contributed by atoms with Gasteiger partial charge < -0.3 is 23.8 Å². The zero-order valence-electron chi connectivity index (χ0n) is 36.8. The van der Waals surface area contributed by atoms with Crippen LogP contribution in [0.15, 0.2) is 81.8 Å². The summed E-state index contributed by atoms with van der Waals surface area (Å²) in [5, 5.41) is 25.2. The number of aromatic nitrogens is 4. The van der Waals surface area contributed by atoms with Gasteiger partial charge in [-0.2, -0.15) is 15.2 Å². The highest BCUT2D eigenvalue weighted by atomic mass is 19.1. The molecule has 2 N–H and O–H groups in total. The molecular formula is C49H51FN9O5+. The van der Waals surface area contributed by atoms with Crippen LogP contribution in [0.4, 0.5) is 4.39 Å². The number of halogens is 1. The van der Waals surface area contributed by atoms with Crippen LogP contribution in [0, 0.1) is 17.4 Å². The maximum Gasteiger partial charge on any atom is 0.341 e. The monoisotopic (exact) mass is 864 g/mol. The first-order valence-electron chi connectivity index (χ1n) is 21.7. The molecule has 0 aliphatic heterocycles. The van der Waals surface area contributed by atoms with Crippen molar-refractivity contribution < 1.29 is 27.7 Å². The zero-order valence-corrected chi connectivity index (χ0v) is 36.8. The normalized spacial score (nSPS) is 15.6. The van der Waals surface area contributed by atoms with E-state index in [0.29, 0.717) is 63.7 Å². The number of hydrogen-bond donors (Lipinski definition) is 2. The van der Waals surface area contributed by atoms with E-state index in [-0.39, 0.29) is 36.9 Å². The molecular weight excluding hydrogens is 814 g/mol. The fraction of sp³-hybridized carbons (Fsp3) is 0.367. The van der Waals surface area contributed by atoms with Crippen LogP contribution < -0.4 is 20.1 Å². The number of ether oxygens (including phenoxy) is 2. The summed E-state index contributed by atoms with van der Waals surface area (Å²) in [6.45, 7) is 9.52. The van der Waals surface area contributed by atoms with Gasteiger partial charge in [0.1, 0.15) is 29.8 Å². The van der Waals surface area contributed by atoms with Gasteiger partial charge in [-0.05, 0) is 119 Å². The molecule has 8 rings (SSSR count). The molecule has 4 aromatic carbocycles. The first kappa shape index (κ1) is 43.7. The minimum Gasteiger partial charge on any atom is -0.490 e. The molecule has 2 aliphatic rings. The first-order chi connectivity index (χ1) is 31.0. The molecule has 0 radical (unpaired) electrons. The van der Waals surface area contributed by atoms with E-state index >= 15 is 0 Å². The third-order valence-electron chi connectivity index (χ3n) is 11.3. The largest absolute Gasteiger partial charge is 0.490 e. The Labute approximate surface area is 371 Å². The molecule has 64 heavy (non-hydrogen) atoms. The van der Waals surface area contributed by atoms with Crippen molar-refractivity contribution in [3.05, 3.63) is 111 Å². The van der Waals surface area contributed by atoms with Crippen LogP contribution in [0.2, 0.25) is 0 Å². The Hall–Kier alpha value is -6.94. The van der Waals surface area contributed by atoms with Crippen LogP contribution in [-0.2, 0) is 17.6 Å². The van der Waals surface area contributed by atoms with Gasteiger partial charge >= 0.3 is 12.7 Å². The molecule has 2 aromatic heterocycles. The smallest absolute Gasteiger partial charge is 0.341 e. The second-order valence-electron chi connectivity index (χ2n) is 16.6. The molecule has 3 unspecified atom stereocenters. The van der Waals surface area contributed by atoms with Crippen LogP contribution in [0.25, 0.3) is 50.5 Å². The van der Waals surface area contributed by atoms with Crippen molar-refractivity contribution >= 4 is 5.91 Å². The number of fused-ring (bicyclic) bond motifs is 2. The maximum atomic E-state index is 13.7. The van der Waals surface area contributed by atoms with E-state index in [9.17, 15) is 14.4 Å². The van der Waals surface area contributed by atoms with E-state index in [1.54, 1.807) is 30.1 Å². The summed E-state index contributed by atoms with van der Waals surface area (Å²) < 4.78 is 36.2. The van der Waals surface area contributed by atoms with Gasteiger partial charge in [0, 0.05) is 47.9 Å². The fourth-order valence-electron chi connectivity index (χ4n) is 8.46. The quantitative estimate of drug-likeness (QED) is 0.101. The first-order valence-corrected chi connectivity index (χ1v) is 21.7. The Bertz CT molecular complexity index is 2760. The molecule has 0 saturated carbocycles. The van der Waals surface area contributed by atoms with Crippen molar-refractivity contribution in [3.8, 4) is 69.3 Å². The number of carbonyl (C=O) groups is 1. The molecule has 2 aliphatic carbocycles. The summed E-state index contributed by atoms with van der Waals surface area (Å²) in [4.78, 5) is 29.2. The third kappa shape index (κ3) is 9.37. The molecule has 0 spiro atoms. The molecule has 0 bridgehead atoms. The standard InChI is InChI=1S/C49H51FN9O5/c1-28(2)61-43-19-13-31(23-33(43)25-51)47-55-46(58-63-47)40-12-8-10-38-36(40)16-18-42(38)54-30(5)49(60)59(6)27-52-26-34-24-32(14-20-44(34)62-29(3)4)48-56-45(57-64-48)39-11-7-9-37-35(39)15-17-41(37)53-22-21-50/h7-14,19-20,23-24,28-30,41-42,53-54H,15-18,21-22,27H2,1-6H3/q+1. The number of nitriles is 1. The van der Waals surface area contributed by atoms with E-state index < -0.39 is 12.7 Å². The van der Waals surface area contributed by atoms with E-state index in [4.69, 9.17) is 28.5 Å². The second-order valence-corrected chi connectivity index (χ2v) is 16.6. The van der Waals surface area contributed by atoms with Crippen molar-refractivity contribution in [2.45, 2.75) is 90.6 Å². The van der Waals surface area contributed by atoms with Crippen molar-refractivity contribution in [1.29, 1.82) is 5.26 Å². The predicted molar refractivity (Wildman–Crippen MR) is 239 cm³/mol. The Kier molecular flexibility index (Phi) is 13.1. The van der Waals surface area contributed by atoms with Crippen LogP contribution in [0.3, 0.4) is 0 Å². The highest BCUT2D eigenvalue weighted by Crippen LogP contribution is 2.39. The molecule has 2 heterocycles. The summed E-state index contributed by atoms with van der Waals surface area (Å²) in [5.41, 5.74) is 8.47. The molecule has 0 saturated heterocycles. The van der Waals surface area contributed by atoms with Crippen LogP contribution in [-0.4, -0.2) is 76.3 Å². The number of rotatable bonds is 15. The van der Waals surface area contributed by atoms with Gasteiger partial charge in [-0.1, -0.05) is 51.6 Å². The third-order valence-corrected chi connectivity index (χ3v) is 11.3. The van der Waals surface area contributed by atoms with E-state index in [2.05, 4.69) is 50.1 Å². The number of nitrogens with one attached hydrogen (secondary N) is 2. The van der Waals surface area contributed by atoms with Crippen LogP contribution >= 0.6 is 0 Å². The van der Waals surface area contributed by atoms with Gasteiger partial charge in [0.05, 0.1) is 23.8 Å². The molecule has 0 fully saturated rings. The average molecular weight is 865 g/mol. The minimum absolute atomic E-state index is 0.0656. The number of likely N-dealkylation sites (N-methyl/N-ethyl adjacent to an activating group) is 1. The summed E-state index contributed by atoms with van der Waals surface area (Å²) in [6.07, 6.45) is 3.09. The number of alkyl halides is 1. The fourth-order valence-corrected chi connectivity index (χ4v) is 8.46. The number of carbonyl (C=O) groups excluding carboxylic acids is 1. The minimum atomic E-state index is -0.508. The lowest BCUT2D eigenvalue weighted by Crippen LogP contribution is -2.44. The predicted octanol–water partition coefficient (Wildman–Crippen LogP) is 8.88. The molecule has 1 amide bonds. The van der Waals surface area contributed by atoms with Crippen molar-refractivity contribution in [3.63, 3.8) is 0 Å². The van der Waals surface area contributed by atoms with E-state index in [1.807, 2.05) is 77.1 Å². The molecule has 14 nitrogen and oxygen atoms in total. The number of hydrogen-bond acceptors (Lipinski definition) is 12. The van der Waals surface area contributed by atoms with Crippen molar-refractivity contribution in [1.82, 2.24) is 35.8 Å². The van der Waals surface area contributed by atoms with Gasteiger partial charge in [-0.15, -0.1) is 0 Å². The topological polar surface area (TPSA) is 169 Å². The lowest BCUT2D eigenvalue weighted by Gasteiger charge is -2.22. The SMILES string of the molecule is CC(C)Oc1ccc(-c2nc(-c3cccc4c3CCC4NCCF)no2)cc1C#[N+]CN(C)C(=O)C(C)NC1CCc2c(-c3noc(-c4ccc(OC(C)C)c(C#N)c4)n3)cccc21. The highest BCUT2D eigenvalue weighted by molar-refractivity contribution is 5.81. The van der Waals surface area contributed by atoms with Crippen LogP contribution in [0.1, 0.15) is 92.9 Å². The van der Waals surface area contributed by atoms with Gasteiger partial charge in [0.25, 0.3) is 11.8 Å². The lowest BCUT2D eigenvalue weighted by atomic mass is 10.0. The average Bonchev–Trinajstić information content (AvgIpc) is 4.13. The highest BCUT2D eigenvalue weighted by Gasteiger charge is 2.31. The Morgan fingerprint density at radius 1 is 0.828 bits per heavy atom. The Balaban J connectivity index is 0.928.